The van der Waals surface area contributed by atoms with Gasteiger partial charge in [-0.3, -0.25) is 19.7 Å². The monoisotopic (exact) mass is 364 g/mol. The molecule has 1 aliphatic heterocycles. The van der Waals surface area contributed by atoms with Crippen molar-refractivity contribution in [1.82, 2.24) is 5.32 Å². The number of carbonyl (C=O) groups is 3. The Balaban J connectivity index is 2.28. The molecule has 1 aliphatic rings. The summed E-state index contributed by atoms with van der Waals surface area (Å²) in [5.74, 6) is -1.61. The van der Waals surface area contributed by atoms with Crippen LogP contribution in [0.15, 0.2) is 35.9 Å². The number of nitro groups is 1. The van der Waals surface area contributed by atoms with E-state index < -0.39 is 34.6 Å². The molecule has 26 heavy (non-hydrogen) atoms. The second-order valence-corrected chi connectivity index (χ2v) is 6.00. The van der Waals surface area contributed by atoms with Crippen LogP contribution in [0.1, 0.15) is 18.9 Å². The number of carboxylic acid groups (broad SMARTS) is 2. The fraction of sp³-hybridized carbons (Fsp3) is 0.312. The first kappa shape index (κ1) is 18.9. The lowest BCUT2D eigenvalue weighted by Gasteiger charge is -2.33. The first-order chi connectivity index (χ1) is 12.1. The maximum atomic E-state index is 11.7. The normalized spacial score (nSPS) is 19.8. The van der Waals surface area contributed by atoms with Crippen molar-refractivity contribution in [3.63, 3.8) is 0 Å². The molecular weight excluding hydrogens is 348 g/mol. The molecule has 1 unspecified atom stereocenters. The summed E-state index contributed by atoms with van der Waals surface area (Å²) < 4.78 is 4.91. The molecule has 0 aliphatic carbocycles. The lowest BCUT2D eigenvalue weighted by molar-refractivity contribution is -0.384. The van der Waals surface area contributed by atoms with Gasteiger partial charge in [0.1, 0.15) is 5.60 Å². The molecule has 1 aromatic carbocycles. The average Bonchev–Trinajstić information content (AvgIpc) is 2.52. The molecule has 1 fully saturated rings. The molecule has 1 aromatic rings. The first-order valence-electron chi connectivity index (χ1n) is 7.50. The number of carbonyl (C=O) groups excluding carboxylic acids is 1. The summed E-state index contributed by atoms with van der Waals surface area (Å²) in [5, 5.41) is 30.9. The average molecular weight is 364 g/mol. The zero-order valence-corrected chi connectivity index (χ0v) is 13.7. The number of hydrogen-bond acceptors (Lipinski definition) is 6. The van der Waals surface area contributed by atoms with E-state index in [1.54, 1.807) is 0 Å². The number of non-ortho nitro benzene ring substituents is 1. The van der Waals surface area contributed by atoms with Crippen LogP contribution in [0.4, 0.5) is 10.5 Å². The van der Waals surface area contributed by atoms with E-state index in [9.17, 15) is 24.5 Å². The molecule has 1 heterocycles. The van der Waals surface area contributed by atoms with Crippen LogP contribution in [0.25, 0.3) is 0 Å². The number of nitrogens with zero attached hydrogens (tertiary/aromatic N) is 1. The topological polar surface area (TPSA) is 156 Å². The fourth-order valence-corrected chi connectivity index (χ4v) is 2.69. The summed E-state index contributed by atoms with van der Waals surface area (Å²) in [6.07, 6.45) is -0.609. The minimum atomic E-state index is -1.57. The van der Waals surface area contributed by atoms with Crippen LogP contribution in [-0.2, 0) is 20.7 Å². The second kappa shape index (κ2) is 7.21. The number of aliphatic carboxylic acids is 1. The van der Waals surface area contributed by atoms with E-state index in [-0.39, 0.29) is 24.1 Å². The maximum absolute atomic E-state index is 11.7. The number of rotatable bonds is 7. The van der Waals surface area contributed by atoms with Gasteiger partial charge in [0.15, 0.2) is 0 Å². The van der Waals surface area contributed by atoms with Gasteiger partial charge in [-0.05, 0) is 18.6 Å². The van der Waals surface area contributed by atoms with E-state index in [0.29, 0.717) is 5.56 Å². The van der Waals surface area contributed by atoms with Crippen molar-refractivity contribution < 1.29 is 34.3 Å². The Labute approximate surface area is 147 Å². The molecule has 2 rings (SSSR count). The standard InChI is InChI=1S/C16H16N2O8/c1-16(26-15(22)23,7-9-2-4-10(5-3-9)18(24)25)8-11-12(6-13(19)20)17-14(11)21/h2-5,8,12H,6-7H2,1H3,(H,17,21)(H,19,20)(H,22,23)/b11-8+/t12-,16?/m1/s1. The van der Waals surface area contributed by atoms with Gasteiger partial charge in [0.05, 0.1) is 17.4 Å². The number of hydrogen-bond donors (Lipinski definition) is 3. The molecular formula is C16H16N2O8. The van der Waals surface area contributed by atoms with Gasteiger partial charge in [-0.15, -0.1) is 0 Å². The summed E-state index contributed by atoms with van der Waals surface area (Å²) in [5.41, 5.74) is -0.900. The van der Waals surface area contributed by atoms with E-state index in [0.717, 1.165) is 0 Å². The van der Waals surface area contributed by atoms with Crippen LogP contribution in [0.5, 0.6) is 0 Å². The smallest absolute Gasteiger partial charge is 0.481 e. The zero-order chi connectivity index (χ0) is 19.5. The lowest BCUT2D eigenvalue weighted by Crippen LogP contribution is -2.53. The number of nitrogens with one attached hydrogen (secondary N) is 1. The van der Waals surface area contributed by atoms with Crippen molar-refractivity contribution in [2.45, 2.75) is 31.4 Å². The molecule has 0 bridgehead atoms. The highest BCUT2D eigenvalue weighted by atomic mass is 16.7. The number of nitro benzene ring substituents is 1. The third-order valence-corrected chi connectivity index (χ3v) is 3.81. The molecule has 10 nitrogen and oxygen atoms in total. The summed E-state index contributed by atoms with van der Waals surface area (Å²) >= 11 is 0. The summed E-state index contributed by atoms with van der Waals surface area (Å²) in [4.78, 5) is 43.7. The fourth-order valence-electron chi connectivity index (χ4n) is 2.69. The molecule has 1 saturated heterocycles. The van der Waals surface area contributed by atoms with Crippen LogP contribution < -0.4 is 5.32 Å². The third-order valence-electron chi connectivity index (χ3n) is 3.81. The Morgan fingerprint density at radius 3 is 2.42 bits per heavy atom. The Kier molecular flexibility index (Phi) is 5.24. The molecule has 0 spiro atoms. The predicted octanol–water partition coefficient (Wildman–Crippen LogP) is 1.49. The summed E-state index contributed by atoms with van der Waals surface area (Å²) in [6.45, 7) is 1.43. The van der Waals surface area contributed by atoms with Gasteiger partial charge >= 0.3 is 12.1 Å². The van der Waals surface area contributed by atoms with Gasteiger partial charge in [0.25, 0.3) is 5.69 Å². The second-order valence-electron chi connectivity index (χ2n) is 6.00. The minimum Gasteiger partial charge on any atom is -0.481 e. The van der Waals surface area contributed by atoms with Crippen LogP contribution in [0.2, 0.25) is 0 Å². The van der Waals surface area contributed by atoms with E-state index in [4.69, 9.17) is 14.9 Å². The van der Waals surface area contributed by atoms with Crippen LogP contribution >= 0.6 is 0 Å². The predicted molar refractivity (Wildman–Crippen MR) is 86.6 cm³/mol. The van der Waals surface area contributed by atoms with Crippen molar-refractivity contribution >= 4 is 23.7 Å². The molecule has 138 valence electrons. The molecule has 0 radical (unpaired) electrons. The quantitative estimate of drug-likeness (QED) is 0.216. The number of amides is 1. The highest BCUT2D eigenvalue weighted by Crippen LogP contribution is 2.27. The SMILES string of the molecule is CC(/C=C1/C(=O)N[C@@H]1CC(=O)O)(Cc1ccc([N+](=O)[O-])cc1)OC(=O)O. The Hall–Kier alpha value is -3.43. The van der Waals surface area contributed by atoms with Gasteiger partial charge < -0.3 is 20.3 Å². The van der Waals surface area contributed by atoms with Gasteiger partial charge in [0.2, 0.25) is 5.91 Å². The number of β-lactam (4-membered cyclic amide) rings is 1. The molecule has 10 heteroatoms. The van der Waals surface area contributed by atoms with Crippen molar-refractivity contribution in [3.05, 3.63) is 51.6 Å². The van der Waals surface area contributed by atoms with Crippen molar-refractivity contribution in [2.75, 3.05) is 0 Å². The van der Waals surface area contributed by atoms with Crippen molar-refractivity contribution in [1.29, 1.82) is 0 Å². The van der Waals surface area contributed by atoms with Gasteiger partial charge in [-0.1, -0.05) is 12.1 Å². The van der Waals surface area contributed by atoms with Gasteiger partial charge in [-0.2, -0.15) is 0 Å². The van der Waals surface area contributed by atoms with E-state index >= 15 is 0 Å². The Bertz CT molecular complexity index is 786. The zero-order valence-electron chi connectivity index (χ0n) is 13.7. The summed E-state index contributed by atoms with van der Waals surface area (Å²) in [6, 6.07) is 4.72. The molecule has 0 aromatic heterocycles. The lowest BCUT2D eigenvalue weighted by atomic mass is 9.87. The summed E-state index contributed by atoms with van der Waals surface area (Å²) in [7, 11) is 0. The highest BCUT2D eigenvalue weighted by Gasteiger charge is 2.38. The van der Waals surface area contributed by atoms with E-state index in [1.807, 2.05) is 0 Å². The largest absolute Gasteiger partial charge is 0.506 e. The van der Waals surface area contributed by atoms with Crippen LogP contribution in [0.3, 0.4) is 0 Å². The van der Waals surface area contributed by atoms with Gasteiger partial charge in [-0.25, -0.2) is 4.79 Å². The van der Waals surface area contributed by atoms with Gasteiger partial charge in [0, 0.05) is 24.1 Å². The molecule has 2 atom stereocenters. The Morgan fingerprint density at radius 2 is 1.96 bits per heavy atom. The number of carboxylic acids is 1. The molecule has 0 saturated carbocycles. The van der Waals surface area contributed by atoms with Crippen LogP contribution in [0, 0.1) is 10.1 Å². The number of benzene rings is 1. The van der Waals surface area contributed by atoms with Crippen molar-refractivity contribution in [2.24, 2.45) is 0 Å². The van der Waals surface area contributed by atoms with E-state index in [2.05, 4.69) is 5.32 Å². The maximum Gasteiger partial charge on any atom is 0.506 e. The van der Waals surface area contributed by atoms with Crippen LogP contribution in [-0.4, -0.2) is 44.8 Å². The minimum absolute atomic E-state index is 0.00780. The highest BCUT2D eigenvalue weighted by molar-refractivity contribution is 6.02. The molecule has 3 N–H and O–H groups in total. The third kappa shape index (κ3) is 4.56. The van der Waals surface area contributed by atoms with E-state index in [1.165, 1.54) is 37.3 Å². The number of ether oxygens (including phenoxy) is 1. The Morgan fingerprint density at radius 1 is 1.35 bits per heavy atom. The molecule has 1 amide bonds. The first-order valence-corrected chi connectivity index (χ1v) is 7.50. The van der Waals surface area contributed by atoms with Crippen molar-refractivity contribution in [3.8, 4) is 0 Å².